The van der Waals surface area contributed by atoms with Crippen molar-refractivity contribution in [3.63, 3.8) is 0 Å². The lowest BCUT2D eigenvalue weighted by Crippen LogP contribution is -2.25. The van der Waals surface area contributed by atoms with E-state index in [4.69, 9.17) is 10.5 Å². The summed E-state index contributed by atoms with van der Waals surface area (Å²) in [5.74, 6) is 0.999. The van der Waals surface area contributed by atoms with Crippen LogP contribution in [-0.2, 0) is 11.2 Å². The predicted octanol–water partition coefficient (Wildman–Crippen LogP) is 3.04. The number of hydrogen-bond donors (Lipinski definition) is 1. The van der Waals surface area contributed by atoms with Crippen molar-refractivity contribution >= 4 is 11.6 Å². The highest BCUT2D eigenvalue weighted by Gasteiger charge is 2.20. The number of aryl methyl sites for hydroxylation is 1. The molecule has 0 saturated heterocycles. The third-order valence-electron chi connectivity index (χ3n) is 4.51. The molecule has 4 nitrogen and oxygen atoms in total. The van der Waals surface area contributed by atoms with Gasteiger partial charge in [0.1, 0.15) is 5.75 Å². The van der Waals surface area contributed by atoms with Crippen molar-refractivity contribution in [3.8, 4) is 5.75 Å². The van der Waals surface area contributed by atoms with Crippen LogP contribution in [0.5, 0.6) is 5.75 Å². The van der Waals surface area contributed by atoms with Gasteiger partial charge in [-0.15, -0.1) is 0 Å². The monoisotopic (exact) mass is 310 g/mol. The summed E-state index contributed by atoms with van der Waals surface area (Å²) in [7, 11) is 3.49. The first kappa shape index (κ1) is 15.6. The Labute approximate surface area is 136 Å². The van der Waals surface area contributed by atoms with E-state index < -0.39 is 0 Å². The average Bonchev–Trinajstić information content (AvgIpc) is 2.73. The summed E-state index contributed by atoms with van der Waals surface area (Å²) >= 11 is 0. The van der Waals surface area contributed by atoms with Gasteiger partial charge < -0.3 is 15.4 Å². The van der Waals surface area contributed by atoms with E-state index in [1.54, 1.807) is 12.0 Å². The number of carbonyl (C=O) groups excluding carboxylic acids is 1. The number of rotatable bonds is 3. The third-order valence-corrected chi connectivity index (χ3v) is 4.51. The first-order valence-corrected chi connectivity index (χ1v) is 7.89. The summed E-state index contributed by atoms with van der Waals surface area (Å²) < 4.78 is 5.19. The second-order valence-electron chi connectivity index (χ2n) is 5.95. The minimum atomic E-state index is -0.185. The van der Waals surface area contributed by atoms with E-state index in [9.17, 15) is 4.79 Å². The normalized spacial score (nSPS) is 15.8. The van der Waals surface area contributed by atoms with Crippen molar-refractivity contribution in [3.05, 3.63) is 59.2 Å². The van der Waals surface area contributed by atoms with Crippen molar-refractivity contribution in [2.75, 3.05) is 19.1 Å². The van der Waals surface area contributed by atoms with Crippen LogP contribution in [0.4, 0.5) is 5.69 Å². The zero-order chi connectivity index (χ0) is 16.4. The number of benzene rings is 2. The molecule has 1 atom stereocenters. The van der Waals surface area contributed by atoms with Crippen molar-refractivity contribution in [1.29, 1.82) is 0 Å². The van der Waals surface area contributed by atoms with Crippen LogP contribution in [0.25, 0.3) is 0 Å². The molecule has 3 rings (SSSR count). The van der Waals surface area contributed by atoms with Gasteiger partial charge in [-0.05, 0) is 47.7 Å². The van der Waals surface area contributed by atoms with Gasteiger partial charge in [0, 0.05) is 19.2 Å². The molecule has 0 saturated carbocycles. The highest BCUT2D eigenvalue weighted by Crippen LogP contribution is 2.30. The Hall–Kier alpha value is -2.33. The highest BCUT2D eigenvalue weighted by molar-refractivity contribution is 5.94. The van der Waals surface area contributed by atoms with Gasteiger partial charge in [0.15, 0.2) is 0 Å². The minimum Gasteiger partial charge on any atom is -0.497 e. The largest absolute Gasteiger partial charge is 0.497 e. The number of carbonyl (C=O) groups is 1. The molecular weight excluding hydrogens is 288 g/mol. The lowest BCUT2D eigenvalue weighted by Gasteiger charge is -2.20. The van der Waals surface area contributed by atoms with Crippen LogP contribution in [0.3, 0.4) is 0 Å². The van der Waals surface area contributed by atoms with Gasteiger partial charge >= 0.3 is 0 Å². The van der Waals surface area contributed by atoms with Crippen molar-refractivity contribution in [2.24, 2.45) is 5.73 Å². The number of hydrogen-bond acceptors (Lipinski definition) is 3. The molecule has 2 aromatic carbocycles. The van der Waals surface area contributed by atoms with Crippen molar-refractivity contribution in [1.82, 2.24) is 0 Å². The van der Waals surface area contributed by atoms with Gasteiger partial charge in [0.25, 0.3) is 0 Å². The summed E-state index contributed by atoms with van der Waals surface area (Å²) in [5.41, 5.74) is 10.7. The zero-order valence-corrected chi connectivity index (χ0v) is 13.6. The summed E-state index contributed by atoms with van der Waals surface area (Å²) in [6.45, 7) is 0. The molecule has 23 heavy (non-hydrogen) atoms. The summed E-state index contributed by atoms with van der Waals surface area (Å²) in [4.78, 5) is 13.7. The van der Waals surface area contributed by atoms with E-state index in [2.05, 4.69) is 6.07 Å². The predicted molar refractivity (Wildman–Crippen MR) is 91.8 cm³/mol. The molecule has 0 aromatic heterocycles. The molecule has 1 amide bonds. The van der Waals surface area contributed by atoms with Gasteiger partial charge in [-0.25, -0.2) is 0 Å². The maximum absolute atomic E-state index is 12.0. The first-order valence-electron chi connectivity index (χ1n) is 7.89. The Morgan fingerprint density at radius 2 is 1.78 bits per heavy atom. The lowest BCUT2D eigenvalue weighted by molar-refractivity contribution is -0.118. The Balaban J connectivity index is 1.91. The fourth-order valence-electron chi connectivity index (χ4n) is 3.06. The molecule has 2 aromatic rings. The number of anilines is 1. The van der Waals surface area contributed by atoms with Gasteiger partial charge in [0.2, 0.25) is 5.91 Å². The van der Waals surface area contributed by atoms with E-state index in [-0.39, 0.29) is 11.9 Å². The quantitative estimate of drug-likeness (QED) is 0.948. The Morgan fingerprint density at radius 3 is 2.48 bits per heavy atom. The van der Waals surface area contributed by atoms with Crippen LogP contribution in [0.15, 0.2) is 42.5 Å². The van der Waals surface area contributed by atoms with E-state index in [1.165, 1.54) is 5.56 Å². The molecule has 0 fully saturated rings. The van der Waals surface area contributed by atoms with Crippen molar-refractivity contribution in [2.45, 2.75) is 25.3 Å². The van der Waals surface area contributed by atoms with E-state index >= 15 is 0 Å². The van der Waals surface area contributed by atoms with Crippen LogP contribution in [0.2, 0.25) is 0 Å². The van der Waals surface area contributed by atoms with Crippen molar-refractivity contribution < 1.29 is 9.53 Å². The number of ether oxygens (including phenoxy) is 1. The van der Waals surface area contributed by atoms with Crippen LogP contribution in [-0.4, -0.2) is 20.1 Å². The maximum atomic E-state index is 12.0. The van der Waals surface area contributed by atoms with E-state index in [0.717, 1.165) is 35.4 Å². The zero-order valence-electron chi connectivity index (χ0n) is 13.6. The number of fused-ring (bicyclic) bond motifs is 1. The standard InChI is InChI=1S/C19H22N2O2/c1-21-17-11-8-15(12-14(17)4-3-5-18(21)22)19(20)13-6-9-16(23-2)10-7-13/h6-12,19H,3-5,20H2,1-2H3. The fraction of sp³-hybridized carbons (Fsp3) is 0.316. The molecule has 4 heteroatoms. The van der Waals surface area contributed by atoms with E-state index in [1.807, 2.05) is 43.4 Å². The van der Waals surface area contributed by atoms with Crippen LogP contribution < -0.4 is 15.4 Å². The van der Waals surface area contributed by atoms with Crippen LogP contribution in [0.1, 0.15) is 35.6 Å². The first-order chi connectivity index (χ1) is 11.1. The molecule has 120 valence electrons. The molecule has 0 aliphatic carbocycles. The maximum Gasteiger partial charge on any atom is 0.226 e. The molecule has 1 aliphatic heterocycles. The smallest absolute Gasteiger partial charge is 0.226 e. The number of methoxy groups -OCH3 is 1. The molecule has 0 bridgehead atoms. The van der Waals surface area contributed by atoms with Gasteiger partial charge in [-0.1, -0.05) is 24.3 Å². The summed E-state index contributed by atoms with van der Waals surface area (Å²) in [6.07, 6.45) is 2.40. The third kappa shape index (κ3) is 3.08. The second-order valence-corrected chi connectivity index (χ2v) is 5.95. The highest BCUT2D eigenvalue weighted by atomic mass is 16.5. The average molecular weight is 310 g/mol. The minimum absolute atomic E-state index is 0.177. The van der Waals surface area contributed by atoms with E-state index in [0.29, 0.717) is 6.42 Å². The Morgan fingerprint density at radius 1 is 1.09 bits per heavy atom. The molecule has 0 spiro atoms. The van der Waals surface area contributed by atoms with Gasteiger partial charge in [-0.2, -0.15) is 0 Å². The molecule has 1 aliphatic rings. The van der Waals surface area contributed by atoms with Crippen LogP contribution >= 0.6 is 0 Å². The Kier molecular flexibility index (Phi) is 4.35. The van der Waals surface area contributed by atoms with Gasteiger partial charge in [0.05, 0.1) is 13.2 Å². The Bertz CT molecular complexity index is 710. The number of amides is 1. The summed E-state index contributed by atoms with van der Waals surface area (Å²) in [6, 6.07) is 13.8. The number of nitrogens with zero attached hydrogens (tertiary/aromatic N) is 1. The molecule has 1 heterocycles. The van der Waals surface area contributed by atoms with Gasteiger partial charge in [-0.3, -0.25) is 4.79 Å². The number of nitrogens with two attached hydrogens (primary N) is 1. The molecule has 1 unspecified atom stereocenters. The lowest BCUT2D eigenvalue weighted by atomic mass is 9.96. The molecule has 0 radical (unpaired) electrons. The van der Waals surface area contributed by atoms with Crippen LogP contribution in [0, 0.1) is 0 Å². The summed E-state index contributed by atoms with van der Waals surface area (Å²) in [5, 5.41) is 0. The second kappa shape index (κ2) is 6.42. The molecular formula is C19H22N2O2. The topological polar surface area (TPSA) is 55.6 Å². The fourth-order valence-corrected chi connectivity index (χ4v) is 3.06. The SMILES string of the molecule is COc1ccc(C(N)c2ccc3c(c2)CCCC(=O)N3C)cc1. The molecule has 2 N–H and O–H groups in total.